The van der Waals surface area contributed by atoms with Gasteiger partial charge in [-0.2, -0.15) is 0 Å². The molecule has 0 amide bonds. The van der Waals surface area contributed by atoms with Crippen LogP contribution in [0.2, 0.25) is 0 Å². The van der Waals surface area contributed by atoms with Crippen molar-refractivity contribution in [2.75, 3.05) is 13.2 Å². The molecule has 76 valence electrons. The summed E-state index contributed by atoms with van der Waals surface area (Å²) >= 11 is 0. The maximum absolute atomic E-state index is 9.14. The van der Waals surface area contributed by atoms with Gasteiger partial charge < -0.3 is 20.1 Å². The molecule has 1 rings (SSSR count). The van der Waals surface area contributed by atoms with E-state index in [0.29, 0.717) is 0 Å². The van der Waals surface area contributed by atoms with E-state index in [1.165, 1.54) is 0 Å². The van der Waals surface area contributed by atoms with Crippen LogP contribution >= 0.6 is 24.8 Å². The quantitative estimate of drug-likeness (QED) is 0.550. The minimum absolute atomic E-state index is 0. The van der Waals surface area contributed by atoms with Crippen LogP contribution in [0.3, 0.4) is 0 Å². The van der Waals surface area contributed by atoms with Crippen LogP contribution in [0.4, 0.5) is 0 Å². The topological polar surface area (TPSA) is 69.9 Å². The molecule has 6 heteroatoms. The zero-order valence-corrected chi connectivity index (χ0v) is 7.92. The summed E-state index contributed by atoms with van der Waals surface area (Å²) in [7, 11) is 0. The van der Waals surface area contributed by atoms with E-state index in [1.807, 2.05) is 0 Å². The zero-order chi connectivity index (χ0) is 8.43. The van der Waals surface area contributed by atoms with Crippen LogP contribution in [-0.4, -0.2) is 46.8 Å². The van der Waals surface area contributed by atoms with Crippen molar-refractivity contribution >= 4 is 24.8 Å². The van der Waals surface area contributed by atoms with Gasteiger partial charge in [0.25, 0.3) is 0 Å². The van der Waals surface area contributed by atoms with Crippen molar-refractivity contribution in [3.05, 3.63) is 0 Å². The van der Waals surface area contributed by atoms with Crippen molar-refractivity contribution in [1.29, 1.82) is 0 Å². The standard InChI is InChI=1S/C6H12O4.2ClH/c7-3-5-6(9)4(8)1-2-10-5;;/h4-9H,1-3H2;2*1H/t4-,5-,6+;;/m1../s1/i2D;;/t2?,4-,5-,6+;;. The van der Waals surface area contributed by atoms with Gasteiger partial charge in [0, 0.05) is 6.58 Å². The number of ether oxygens (including phenoxy) is 1. The van der Waals surface area contributed by atoms with Crippen LogP contribution in [0.1, 0.15) is 7.79 Å². The van der Waals surface area contributed by atoms with Crippen molar-refractivity contribution in [3.63, 3.8) is 0 Å². The lowest BCUT2D eigenvalue weighted by Crippen LogP contribution is -2.46. The third-order valence-corrected chi connectivity index (χ3v) is 1.56. The molecule has 3 N–H and O–H groups in total. The summed E-state index contributed by atoms with van der Waals surface area (Å²) in [4.78, 5) is 0. The van der Waals surface area contributed by atoms with Crippen LogP contribution in [0.25, 0.3) is 0 Å². The lowest BCUT2D eigenvalue weighted by atomic mass is 10.0. The second kappa shape index (κ2) is 6.88. The first kappa shape index (κ1) is 12.4. The fourth-order valence-corrected chi connectivity index (χ4v) is 0.896. The van der Waals surface area contributed by atoms with Gasteiger partial charge in [0.05, 0.1) is 14.1 Å². The second-order valence-corrected chi connectivity index (χ2v) is 2.32. The molecule has 1 aliphatic heterocycles. The third kappa shape index (κ3) is 3.43. The average Bonchev–Trinajstić information content (AvgIpc) is 1.96. The second-order valence-electron chi connectivity index (χ2n) is 2.32. The van der Waals surface area contributed by atoms with Crippen molar-refractivity contribution < 1.29 is 21.4 Å². The van der Waals surface area contributed by atoms with Crippen molar-refractivity contribution in [2.24, 2.45) is 0 Å². The summed E-state index contributed by atoms with van der Waals surface area (Å²) in [6, 6.07) is 0. The minimum atomic E-state index is -1.07. The summed E-state index contributed by atoms with van der Waals surface area (Å²) in [5.41, 5.74) is 0. The fraction of sp³-hybridized carbons (Fsp3) is 1.00. The SMILES string of the molecule is Cl.Cl.[2H]C1C[C@@H](O)[C@H](O)[C@@H](CO)O1. The molecular weight excluding hydrogens is 207 g/mol. The van der Waals surface area contributed by atoms with Crippen molar-refractivity contribution in [2.45, 2.75) is 24.7 Å². The number of hydrogen-bond acceptors (Lipinski definition) is 4. The molecule has 12 heavy (non-hydrogen) atoms. The molecule has 1 unspecified atom stereocenters. The molecule has 0 radical (unpaired) electrons. The predicted octanol–water partition coefficient (Wildman–Crippen LogP) is -0.667. The molecule has 1 heterocycles. The number of aliphatic hydroxyl groups excluding tert-OH is 3. The minimum Gasteiger partial charge on any atom is -0.394 e. The lowest BCUT2D eigenvalue weighted by Gasteiger charge is -2.30. The van der Waals surface area contributed by atoms with Gasteiger partial charge in [0.1, 0.15) is 12.2 Å². The van der Waals surface area contributed by atoms with E-state index in [0.717, 1.165) is 0 Å². The molecule has 0 aliphatic carbocycles. The van der Waals surface area contributed by atoms with Crippen LogP contribution in [-0.2, 0) is 4.74 Å². The first-order chi connectivity index (χ1) is 5.15. The number of aliphatic hydroxyl groups is 3. The summed E-state index contributed by atoms with van der Waals surface area (Å²) in [6.07, 6.45) is -2.75. The van der Waals surface area contributed by atoms with E-state index >= 15 is 0 Å². The van der Waals surface area contributed by atoms with Gasteiger partial charge in [-0.3, -0.25) is 0 Å². The Morgan fingerprint density at radius 1 is 1.42 bits per heavy atom. The summed E-state index contributed by atoms with van der Waals surface area (Å²) in [5.74, 6) is 0. The van der Waals surface area contributed by atoms with E-state index in [9.17, 15) is 0 Å². The zero-order valence-electron chi connectivity index (χ0n) is 7.29. The summed E-state index contributed by atoms with van der Waals surface area (Å²) in [6.45, 7) is -1.21. The van der Waals surface area contributed by atoms with Gasteiger partial charge in [-0.15, -0.1) is 24.8 Å². The summed E-state index contributed by atoms with van der Waals surface area (Å²) in [5, 5.41) is 26.8. The Hall–Kier alpha value is 0.420. The van der Waals surface area contributed by atoms with Gasteiger partial charge in [0.15, 0.2) is 0 Å². The molecule has 0 aromatic heterocycles. The van der Waals surface area contributed by atoms with Crippen LogP contribution < -0.4 is 0 Å². The Kier molecular flexibility index (Phi) is 7.13. The smallest absolute Gasteiger partial charge is 0.109 e. The molecule has 0 bridgehead atoms. The molecule has 1 fully saturated rings. The van der Waals surface area contributed by atoms with Crippen LogP contribution in [0, 0.1) is 0 Å². The molecule has 1 aliphatic rings. The highest BCUT2D eigenvalue weighted by Crippen LogP contribution is 2.13. The van der Waals surface area contributed by atoms with Crippen molar-refractivity contribution in [1.82, 2.24) is 0 Å². The Bertz CT molecular complexity index is 140. The normalized spacial score (nSPS) is 42.1. The van der Waals surface area contributed by atoms with E-state index < -0.39 is 24.9 Å². The van der Waals surface area contributed by atoms with E-state index in [2.05, 4.69) is 0 Å². The summed E-state index contributed by atoms with van der Waals surface area (Å²) < 4.78 is 11.9. The van der Waals surface area contributed by atoms with Gasteiger partial charge in [-0.25, -0.2) is 0 Å². The maximum atomic E-state index is 9.14. The highest BCUT2D eigenvalue weighted by molar-refractivity contribution is 5.85. The Labute approximate surface area is 84.8 Å². The number of rotatable bonds is 1. The highest BCUT2D eigenvalue weighted by atomic mass is 35.5. The number of halogens is 2. The average molecular weight is 222 g/mol. The molecule has 0 saturated carbocycles. The van der Waals surface area contributed by atoms with Crippen LogP contribution in [0.5, 0.6) is 0 Å². The fourth-order valence-electron chi connectivity index (χ4n) is 0.896. The predicted molar refractivity (Wildman–Crippen MR) is 48.0 cm³/mol. The van der Waals surface area contributed by atoms with Crippen molar-refractivity contribution in [3.8, 4) is 0 Å². The third-order valence-electron chi connectivity index (χ3n) is 1.56. The maximum Gasteiger partial charge on any atom is 0.109 e. The van der Waals surface area contributed by atoms with Gasteiger partial charge in [0.2, 0.25) is 0 Å². The first-order valence-electron chi connectivity index (χ1n) is 3.77. The molecule has 0 spiro atoms. The van der Waals surface area contributed by atoms with E-state index in [-0.39, 0.29) is 37.8 Å². The molecule has 1 saturated heterocycles. The van der Waals surface area contributed by atoms with E-state index in [4.69, 9.17) is 21.4 Å². The Balaban J connectivity index is 0. The van der Waals surface area contributed by atoms with Crippen LogP contribution in [0.15, 0.2) is 0 Å². The Morgan fingerprint density at radius 3 is 2.50 bits per heavy atom. The molecule has 4 atom stereocenters. The van der Waals surface area contributed by atoms with E-state index in [1.54, 1.807) is 0 Å². The number of hydrogen-bond donors (Lipinski definition) is 3. The molecule has 0 aromatic carbocycles. The highest BCUT2D eigenvalue weighted by Gasteiger charge is 2.30. The first-order valence-corrected chi connectivity index (χ1v) is 3.20. The van der Waals surface area contributed by atoms with Gasteiger partial charge in [-0.1, -0.05) is 0 Å². The molecule has 0 aromatic rings. The Morgan fingerprint density at radius 2 is 2.00 bits per heavy atom. The monoisotopic (exact) mass is 221 g/mol. The van der Waals surface area contributed by atoms with Gasteiger partial charge in [-0.05, 0) is 6.42 Å². The molecular formula is C6H14Cl2O4. The van der Waals surface area contributed by atoms with Gasteiger partial charge >= 0.3 is 0 Å². The largest absolute Gasteiger partial charge is 0.394 e. The molecule has 4 nitrogen and oxygen atoms in total. The lowest BCUT2D eigenvalue weighted by molar-refractivity contribution is -0.147.